The maximum Gasteiger partial charge on any atom is 0.147 e. The van der Waals surface area contributed by atoms with E-state index in [1.165, 1.54) is 0 Å². The van der Waals surface area contributed by atoms with Crippen molar-refractivity contribution in [1.29, 1.82) is 0 Å². The summed E-state index contributed by atoms with van der Waals surface area (Å²) in [4.78, 5) is 9.11. The van der Waals surface area contributed by atoms with E-state index in [9.17, 15) is 0 Å². The highest BCUT2D eigenvalue weighted by Gasteiger charge is 2.19. The number of hydrogen-bond donors (Lipinski definition) is 2. The molecule has 20 heavy (non-hydrogen) atoms. The second-order valence-corrected chi connectivity index (χ2v) is 5.67. The summed E-state index contributed by atoms with van der Waals surface area (Å²) in [6, 6.07) is 5.45. The van der Waals surface area contributed by atoms with E-state index in [-0.39, 0.29) is 0 Å². The van der Waals surface area contributed by atoms with Crippen LogP contribution in [0, 0.1) is 0 Å². The third-order valence-electron chi connectivity index (χ3n) is 3.48. The number of fused-ring (bicyclic) bond motifs is 1. The van der Waals surface area contributed by atoms with E-state index in [2.05, 4.69) is 15.4 Å². The molecule has 1 aliphatic rings. The summed E-state index contributed by atoms with van der Waals surface area (Å²) in [5.74, 6) is 7.01. The highest BCUT2D eigenvalue weighted by Crippen LogP contribution is 2.27. The molecule has 1 aromatic heterocycles. The Morgan fingerprint density at radius 1 is 1.20 bits per heavy atom. The number of nitrogens with one attached hydrogen (secondary N) is 1. The highest BCUT2D eigenvalue weighted by atomic mass is 35.5. The molecule has 1 heterocycles. The first-order valence-electron chi connectivity index (χ1n) is 6.46. The van der Waals surface area contributed by atoms with Crippen molar-refractivity contribution in [2.24, 2.45) is 5.84 Å². The van der Waals surface area contributed by atoms with E-state index in [0.717, 1.165) is 47.7 Å². The number of nitrogens with two attached hydrogens (primary N) is 1. The zero-order valence-corrected chi connectivity index (χ0v) is 12.3. The lowest BCUT2D eigenvalue weighted by atomic mass is 10.1. The molecule has 0 unspecified atom stereocenters. The van der Waals surface area contributed by atoms with Gasteiger partial charge in [0.2, 0.25) is 0 Å². The molecule has 3 N–H and O–H groups in total. The number of aryl methyl sites for hydroxylation is 1. The van der Waals surface area contributed by atoms with Crippen LogP contribution in [-0.2, 0) is 19.3 Å². The van der Waals surface area contributed by atoms with Gasteiger partial charge in [0.1, 0.15) is 11.6 Å². The maximum atomic E-state index is 6.19. The van der Waals surface area contributed by atoms with E-state index < -0.39 is 0 Å². The molecular weight excluding hydrogens is 295 g/mol. The van der Waals surface area contributed by atoms with Gasteiger partial charge in [-0.15, -0.1) is 0 Å². The zero-order valence-electron chi connectivity index (χ0n) is 10.8. The minimum Gasteiger partial charge on any atom is -0.308 e. The molecule has 0 fully saturated rings. The van der Waals surface area contributed by atoms with Crippen LogP contribution in [0.15, 0.2) is 18.2 Å². The van der Waals surface area contributed by atoms with Gasteiger partial charge in [-0.3, -0.25) is 0 Å². The van der Waals surface area contributed by atoms with Gasteiger partial charge in [-0.25, -0.2) is 15.8 Å². The van der Waals surface area contributed by atoms with Gasteiger partial charge < -0.3 is 5.43 Å². The number of rotatable bonds is 3. The summed E-state index contributed by atoms with van der Waals surface area (Å²) in [5.41, 5.74) is 5.86. The van der Waals surface area contributed by atoms with Crippen molar-refractivity contribution in [3.05, 3.63) is 50.9 Å². The largest absolute Gasteiger partial charge is 0.308 e. The predicted molar refractivity (Wildman–Crippen MR) is 81.1 cm³/mol. The lowest BCUT2D eigenvalue weighted by Gasteiger charge is -2.10. The maximum absolute atomic E-state index is 6.19. The summed E-state index contributed by atoms with van der Waals surface area (Å²) in [7, 11) is 0. The minimum atomic E-state index is 0.567. The molecule has 0 spiro atoms. The van der Waals surface area contributed by atoms with E-state index in [0.29, 0.717) is 16.5 Å². The number of hydrogen-bond acceptors (Lipinski definition) is 4. The number of nitrogen functional groups attached to an aromatic ring is 1. The third kappa shape index (κ3) is 2.59. The first-order chi connectivity index (χ1) is 9.67. The molecule has 0 atom stereocenters. The third-order valence-corrected chi connectivity index (χ3v) is 4.07. The van der Waals surface area contributed by atoms with Crippen LogP contribution in [0.1, 0.15) is 29.1 Å². The van der Waals surface area contributed by atoms with Crippen molar-refractivity contribution in [3.63, 3.8) is 0 Å². The van der Waals surface area contributed by atoms with Crippen LogP contribution in [-0.4, -0.2) is 9.97 Å². The second-order valence-electron chi connectivity index (χ2n) is 4.82. The molecule has 2 aromatic rings. The van der Waals surface area contributed by atoms with Gasteiger partial charge in [-0.05, 0) is 37.0 Å². The van der Waals surface area contributed by atoms with Crippen molar-refractivity contribution in [2.45, 2.75) is 25.7 Å². The fraction of sp³-hybridized carbons (Fsp3) is 0.286. The lowest BCUT2D eigenvalue weighted by Crippen LogP contribution is -2.14. The normalized spacial score (nSPS) is 13.3. The number of hydrazine groups is 1. The molecule has 0 saturated carbocycles. The van der Waals surface area contributed by atoms with Crippen LogP contribution in [0.2, 0.25) is 10.0 Å². The van der Waals surface area contributed by atoms with Crippen LogP contribution < -0.4 is 11.3 Å². The van der Waals surface area contributed by atoms with E-state index in [4.69, 9.17) is 29.0 Å². The van der Waals surface area contributed by atoms with Crippen LogP contribution >= 0.6 is 23.2 Å². The summed E-state index contributed by atoms with van der Waals surface area (Å²) >= 11 is 12.1. The Morgan fingerprint density at radius 2 is 2.05 bits per heavy atom. The number of halogens is 2. The number of aromatic nitrogens is 2. The molecule has 0 amide bonds. The molecular formula is C14H14Cl2N4. The van der Waals surface area contributed by atoms with E-state index in [1.807, 2.05) is 12.1 Å². The SMILES string of the molecule is NNc1nc(Cc2ccc(Cl)cc2Cl)nc2c1CCC2. The fourth-order valence-electron chi connectivity index (χ4n) is 2.52. The minimum absolute atomic E-state index is 0.567. The van der Waals surface area contributed by atoms with Crippen LogP contribution in [0.3, 0.4) is 0 Å². The van der Waals surface area contributed by atoms with Crippen LogP contribution in [0.4, 0.5) is 5.82 Å². The van der Waals surface area contributed by atoms with Crippen molar-refractivity contribution in [3.8, 4) is 0 Å². The van der Waals surface area contributed by atoms with Crippen molar-refractivity contribution >= 4 is 29.0 Å². The monoisotopic (exact) mass is 308 g/mol. The Balaban J connectivity index is 1.95. The van der Waals surface area contributed by atoms with Crippen LogP contribution in [0.25, 0.3) is 0 Å². The van der Waals surface area contributed by atoms with Crippen molar-refractivity contribution in [1.82, 2.24) is 9.97 Å². The zero-order chi connectivity index (χ0) is 14.1. The van der Waals surface area contributed by atoms with Crippen LogP contribution in [0.5, 0.6) is 0 Å². The lowest BCUT2D eigenvalue weighted by molar-refractivity contribution is 0.885. The Kier molecular flexibility index (Phi) is 3.78. The molecule has 6 heteroatoms. The molecule has 1 aliphatic carbocycles. The van der Waals surface area contributed by atoms with Crippen molar-refractivity contribution in [2.75, 3.05) is 5.43 Å². The summed E-state index contributed by atoms with van der Waals surface area (Å²) in [6.45, 7) is 0. The van der Waals surface area contributed by atoms with E-state index >= 15 is 0 Å². The van der Waals surface area contributed by atoms with Gasteiger partial charge in [0.25, 0.3) is 0 Å². The first-order valence-corrected chi connectivity index (χ1v) is 7.22. The molecule has 0 aliphatic heterocycles. The molecule has 0 saturated heterocycles. The number of benzene rings is 1. The predicted octanol–water partition coefficient (Wildman–Crippen LogP) is 3.15. The molecule has 1 aromatic carbocycles. The van der Waals surface area contributed by atoms with Gasteiger partial charge in [0, 0.05) is 27.7 Å². The Morgan fingerprint density at radius 3 is 2.80 bits per heavy atom. The van der Waals surface area contributed by atoms with Gasteiger partial charge >= 0.3 is 0 Å². The fourth-order valence-corrected chi connectivity index (χ4v) is 2.99. The molecule has 104 valence electrons. The van der Waals surface area contributed by atoms with Gasteiger partial charge in [-0.2, -0.15) is 0 Å². The molecule has 4 nitrogen and oxygen atoms in total. The standard InChI is InChI=1S/C14H14Cl2N4/c15-9-5-4-8(11(16)7-9)6-13-18-12-3-1-2-10(12)14(19-13)20-17/h4-5,7H,1-3,6,17H2,(H,18,19,20). The van der Waals surface area contributed by atoms with E-state index in [1.54, 1.807) is 6.07 Å². The molecule has 0 bridgehead atoms. The second kappa shape index (κ2) is 5.56. The number of anilines is 1. The number of nitrogens with zero attached hydrogens (tertiary/aromatic N) is 2. The Bertz CT molecular complexity index is 658. The summed E-state index contributed by atoms with van der Waals surface area (Å²) < 4.78 is 0. The molecule has 3 rings (SSSR count). The topological polar surface area (TPSA) is 63.8 Å². The Hall–Kier alpha value is -1.36. The van der Waals surface area contributed by atoms with Gasteiger partial charge in [-0.1, -0.05) is 29.3 Å². The van der Waals surface area contributed by atoms with Gasteiger partial charge in [0.05, 0.1) is 0 Å². The molecule has 0 radical (unpaired) electrons. The highest BCUT2D eigenvalue weighted by molar-refractivity contribution is 6.35. The first kappa shape index (κ1) is 13.6. The Labute approximate surface area is 127 Å². The smallest absolute Gasteiger partial charge is 0.147 e. The van der Waals surface area contributed by atoms with Gasteiger partial charge in [0.15, 0.2) is 0 Å². The average molecular weight is 309 g/mol. The van der Waals surface area contributed by atoms with Crippen molar-refractivity contribution < 1.29 is 0 Å². The quantitative estimate of drug-likeness (QED) is 0.675. The summed E-state index contributed by atoms with van der Waals surface area (Å²) in [5, 5.41) is 1.25. The average Bonchev–Trinajstić information content (AvgIpc) is 2.89. The summed E-state index contributed by atoms with van der Waals surface area (Å²) in [6.07, 6.45) is 3.63.